The Hall–Kier alpha value is -6.33. The highest BCUT2D eigenvalue weighted by Crippen LogP contribution is 2.34. The largest absolute Gasteiger partial charge is 0.488 e. The number of aryl methyl sites for hydroxylation is 3. The molecule has 4 saturated heterocycles. The summed E-state index contributed by atoms with van der Waals surface area (Å²) in [4.78, 5) is 54.8. The Labute approximate surface area is 637 Å². The van der Waals surface area contributed by atoms with Gasteiger partial charge in [-0.3, -0.25) is 53.7 Å². The molecule has 600 valence electrons. The highest BCUT2D eigenvalue weighted by Gasteiger charge is 2.35. The minimum atomic E-state index is -4.20. The van der Waals surface area contributed by atoms with Crippen LogP contribution >= 0.6 is 39.1 Å². The van der Waals surface area contributed by atoms with Gasteiger partial charge in [-0.25, -0.2) is 4.39 Å². The van der Waals surface area contributed by atoms with Gasteiger partial charge in [0.2, 0.25) is 16.8 Å². The first-order valence-corrected chi connectivity index (χ1v) is 37.6. The van der Waals surface area contributed by atoms with Gasteiger partial charge in [0.1, 0.15) is 41.7 Å². The molecule has 0 unspecified atom stereocenters. The summed E-state index contributed by atoms with van der Waals surface area (Å²) in [6.07, 6.45) is -9.52. The molecular weight excluding hydrogens is 1550 g/mol. The molecule has 4 aliphatic heterocycles. The number of nitrogens with one attached hydrogen (secondary N) is 2. The van der Waals surface area contributed by atoms with E-state index < -0.39 is 56.7 Å². The number of ether oxygens (including phenoxy) is 3. The highest BCUT2D eigenvalue weighted by molar-refractivity contribution is 9.09. The Morgan fingerprint density at radius 2 is 0.954 bits per heavy atom. The van der Waals surface area contributed by atoms with E-state index in [0.717, 1.165) is 41.5 Å². The lowest BCUT2D eigenvalue weighted by atomic mass is 10.1. The van der Waals surface area contributed by atoms with Crippen molar-refractivity contribution in [1.82, 2.24) is 49.9 Å². The maximum absolute atomic E-state index is 13.6. The maximum Gasteiger partial charge on any atom is 0.401 e. The molecule has 12 rings (SSSR count). The Bertz CT molecular complexity index is 4050. The molecule has 0 radical (unpaired) electrons. The average Bonchev–Trinajstić information content (AvgIpc) is 0.782. The fraction of sp³-hybridized carbons (Fsp3) is 0.568. The minimum absolute atomic E-state index is 0. The van der Waals surface area contributed by atoms with Gasteiger partial charge in [-0.15, -0.1) is 23.2 Å². The minimum Gasteiger partial charge on any atom is -0.488 e. The zero-order chi connectivity index (χ0) is 77.5. The molecule has 7 aromatic rings. The SMILES string of the molecule is C.Cc1cc(OCCN2CCN(CC(F)(F)F)CC2)c2oc3cc(F)ccc3c(=O)c2c1.Cc1cc(OCCN2CCN(CC(F)(F)F)CC2)c2oc3cc(Oc4ccc(CCC(=O)NC5CCCC5)nc4)ccc3c(=O)c2c1.ClCCBr.FC(F)(F)CN1CCN(CCCl)CC1.FC(F)(F)CN1CCNCC1. The lowest BCUT2D eigenvalue weighted by molar-refractivity contribution is -0.150. The summed E-state index contributed by atoms with van der Waals surface area (Å²) in [6, 6.07) is 19.8. The van der Waals surface area contributed by atoms with Gasteiger partial charge in [-0.2, -0.15) is 52.7 Å². The number of nitrogens with zero attached hydrogens (tertiary/aromatic N) is 8. The number of aromatic nitrogens is 1. The second kappa shape index (κ2) is 42.3. The number of hydrogen-bond acceptors (Lipinski definition) is 17. The van der Waals surface area contributed by atoms with Crippen molar-refractivity contribution < 1.29 is 84.9 Å². The molecule has 2 N–H and O–H groups in total. The first kappa shape index (κ1) is 88.9. The van der Waals surface area contributed by atoms with Gasteiger partial charge in [0, 0.05) is 172 Å². The summed E-state index contributed by atoms with van der Waals surface area (Å²) in [6.45, 7) is 10.9. The number of hydrogen-bond donors (Lipinski definition) is 2. The molecule has 7 heterocycles. The molecule has 3 aromatic heterocycles. The summed E-state index contributed by atoms with van der Waals surface area (Å²) in [5.41, 5.74) is 3.06. The van der Waals surface area contributed by atoms with Crippen LogP contribution in [0.4, 0.5) is 57.1 Å². The van der Waals surface area contributed by atoms with Crippen molar-refractivity contribution in [2.24, 2.45) is 0 Å². The normalized spacial score (nSPS) is 17.2. The molecule has 108 heavy (non-hydrogen) atoms. The maximum atomic E-state index is 13.6. The Morgan fingerprint density at radius 3 is 1.37 bits per heavy atom. The Morgan fingerprint density at radius 1 is 0.546 bits per heavy atom. The third-order valence-corrected chi connectivity index (χ3v) is 19.3. The van der Waals surface area contributed by atoms with Gasteiger partial charge in [0.05, 0.1) is 53.9 Å². The molecule has 0 bridgehead atoms. The van der Waals surface area contributed by atoms with Crippen molar-refractivity contribution in [2.75, 3.05) is 181 Å². The van der Waals surface area contributed by atoms with Crippen molar-refractivity contribution in [3.63, 3.8) is 0 Å². The van der Waals surface area contributed by atoms with Crippen LogP contribution < -0.4 is 35.7 Å². The second-order valence-electron chi connectivity index (χ2n) is 26.7. The third kappa shape index (κ3) is 30.1. The van der Waals surface area contributed by atoms with Crippen LogP contribution in [0, 0.1) is 19.7 Å². The molecular formula is C74H94BrCl2F13N10O8. The number of piperazine rings is 4. The number of rotatable bonds is 21. The van der Waals surface area contributed by atoms with Crippen LogP contribution in [0.15, 0.2) is 97.4 Å². The first-order chi connectivity index (χ1) is 50.8. The van der Waals surface area contributed by atoms with E-state index in [0.29, 0.717) is 204 Å². The summed E-state index contributed by atoms with van der Waals surface area (Å²) in [5, 5.41) is 8.44. The number of carbonyl (C=O) groups is 1. The number of fused-ring (bicyclic) bond motifs is 4. The van der Waals surface area contributed by atoms with Crippen LogP contribution in [0.1, 0.15) is 56.4 Å². The predicted molar refractivity (Wildman–Crippen MR) is 398 cm³/mol. The summed E-state index contributed by atoms with van der Waals surface area (Å²) < 4.78 is 191. The van der Waals surface area contributed by atoms with Gasteiger partial charge < -0.3 is 33.7 Å². The molecule has 18 nitrogen and oxygen atoms in total. The average molecular weight is 1650 g/mol. The smallest absolute Gasteiger partial charge is 0.401 e. The van der Waals surface area contributed by atoms with Crippen LogP contribution in [0.25, 0.3) is 43.9 Å². The quantitative estimate of drug-likeness (QED) is 0.0396. The fourth-order valence-electron chi connectivity index (χ4n) is 12.8. The highest BCUT2D eigenvalue weighted by atomic mass is 79.9. The Kier molecular flexibility index (Phi) is 34.9. The summed E-state index contributed by atoms with van der Waals surface area (Å²) >= 11 is 13.8. The number of halogens is 16. The van der Waals surface area contributed by atoms with Crippen molar-refractivity contribution in [2.45, 2.75) is 90.5 Å². The van der Waals surface area contributed by atoms with Crippen molar-refractivity contribution in [1.29, 1.82) is 0 Å². The number of amides is 1. The van der Waals surface area contributed by atoms with E-state index in [4.69, 9.17) is 46.2 Å². The molecule has 5 aliphatic rings. The van der Waals surface area contributed by atoms with Gasteiger partial charge in [-0.1, -0.05) is 36.2 Å². The lowest BCUT2D eigenvalue weighted by Crippen LogP contribution is -2.49. The van der Waals surface area contributed by atoms with Gasteiger partial charge in [-0.05, 0) is 105 Å². The first-order valence-electron chi connectivity index (χ1n) is 35.4. The van der Waals surface area contributed by atoms with Crippen molar-refractivity contribution in [3.05, 3.63) is 122 Å². The number of alkyl halides is 15. The van der Waals surface area contributed by atoms with Crippen LogP contribution in [0.5, 0.6) is 23.0 Å². The van der Waals surface area contributed by atoms with E-state index in [1.807, 2.05) is 30.9 Å². The topological polar surface area (TPSA) is 165 Å². The van der Waals surface area contributed by atoms with E-state index >= 15 is 0 Å². The molecule has 4 aromatic carbocycles. The van der Waals surface area contributed by atoms with Gasteiger partial charge in [0.25, 0.3) is 0 Å². The second-order valence-corrected chi connectivity index (χ2v) is 28.2. The number of carbonyl (C=O) groups excluding carboxylic acids is 1. The van der Waals surface area contributed by atoms with Gasteiger partial charge in [0.15, 0.2) is 22.7 Å². The zero-order valence-electron chi connectivity index (χ0n) is 59.5. The van der Waals surface area contributed by atoms with E-state index in [1.165, 1.54) is 50.6 Å². The molecule has 1 saturated carbocycles. The molecule has 5 fully saturated rings. The van der Waals surface area contributed by atoms with Crippen LogP contribution in [-0.4, -0.2) is 257 Å². The van der Waals surface area contributed by atoms with Crippen molar-refractivity contribution >= 4 is 88.9 Å². The molecule has 1 aliphatic carbocycles. The Balaban J connectivity index is 0.000000226. The fourth-order valence-corrected chi connectivity index (χ4v) is 13.0. The zero-order valence-corrected chi connectivity index (χ0v) is 62.6. The summed E-state index contributed by atoms with van der Waals surface area (Å²) in [5.74, 6) is 2.57. The molecule has 0 spiro atoms. The van der Waals surface area contributed by atoms with Crippen molar-refractivity contribution in [3.8, 4) is 23.0 Å². The number of benzene rings is 4. The monoisotopic (exact) mass is 1650 g/mol. The molecule has 0 atom stereocenters. The lowest BCUT2D eigenvalue weighted by Gasteiger charge is -2.34. The van der Waals surface area contributed by atoms with Crippen LogP contribution in [-0.2, 0) is 11.2 Å². The molecule has 34 heteroatoms. The third-order valence-electron chi connectivity index (χ3n) is 18.1. The standard InChI is InChI=1S/C35H39F3N4O5.C22H22F4N2O3.C8H14ClF3N2.C6H11F3N2.C2H4BrCl.CH4/c1-23-18-29-33(44)28-10-9-26(46-27-8-6-24(39-21-27)7-11-32(43)40-25-4-2-3-5-25)20-30(28)47-34(29)31(19-23)45-17-16-41-12-14-42(15-13-41)22-35(36,37)38;1-14-10-17-20(29)16-3-2-15(23)12-18(16)31-21(17)19(11-14)30-9-8-27-4-6-28(7-5-27)13-22(24,25)26;9-1-2-13-3-5-14(6-4-13)7-8(10,11)12;7-6(8,9)5-11-3-1-10-2-4-11;3-1-2-4;/h6,8-10,18-21,25H,2-5,7,11-17,22H2,1H3,(H,40,43);2-3,10-12H,4-9,13H2,1H3;1-7H2;10H,1-5H2;1-2H2;1H4. The molecule has 1 amide bonds. The van der Waals surface area contributed by atoms with Crippen LogP contribution in [0.3, 0.4) is 0 Å². The van der Waals surface area contributed by atoms with E-state index in [9.17, 15) is 71.5 Å². The van der Waals surface area contributed by atoms with E-state index in [2.05, 4.69) is 41.3 Å². The van der Waals surface area contributed by atoms with E-state index in [-0.39, 0.29) is 48.6 Å². The summed E-state index contributed by atoms with van der Waals surface area (Å²) in [7, 11) is 0. The van der Waals surface area contributed by atoms with Gasteiger partial charge >= 0.3 is 24.7 Å². The number of pyridine rings is 1. The van der Waals surface area contributed by atoms with Crippen LogP contribution in [0.2, 0.25) is 0 Å². The predicted octanol–water partition coefficient (Wildman–Crippen LogP) is 14.1. The van der Waals surface area contributed by atoms with E-state index in [1.54, 1.807) is 48.7 Å².